The first-order chi connectivity index (χ1) is 15.2. The molecule has 32 heavy (non-hydrogen) atoms. The molecule has 1 amide bonds. The van der Waals surface area contributed by atoms with Crippen LogP contribution in [-0.2, 0) is 26.1 Å². The molecule has 0 radical (unpaired) electrons. The molecule has 1 N–H and O–H groups in total. The van der Waals surface area contributed by atoms with Gasteiger partial charge < -0.3 is 19.7 Å². The van der Waals surface area contributed by atoms with E-state index in [0.29, 0.717) is 45.6 Å². The Labute approximate surface area is 190 Å². The molecule has 1 aromatic rings. The summed E-state index contributed by atoms with van der Waals surface area (Å²) in [5.41, 5.74) is 0.743. The number of nitrogens with zero attached hydrogens (tertiary/aromatic N) is 4. The van der Waals surface area contributed by atoms with Crippen molar-refractivity contribution in [2.75, 3.05) is 44.8 Å². The van der Waals surface area contributed by atoms with Crippen molar-refractivity contribution < 1.29 is 22.7 Å². The SMILES string of the molecule is CNc1c(COC2CCN(S(C)(=O)=O)CC2)cnn1C1CCN(C(=O)OC2(C)CC2)CC1. The number of anilines is 1. The lowest BCUT2D eigenvalue weighted by molar-refractivity contribution is 0.0105. The zero-order chi connectivity index (χ0) is 22.9. The summed E-state index contributed by atoms with van der Waals surface area (Å²) in [5.74, 6) is 0.935. The molecule has 0 unspecified atom stereocenters. The Morgan fingerprint density at radius 2 is 1.84 bits per heavy atom. The van der Waals surface area contributed by atoms with Crippen molar-refractivity contribution in [3.8, 4) is 0 Å². The monoisotopic (exact) mass is 469 g/mol. The molecule has 3 aliphatic rings. The predicted molar refractivity (Wildman–Crippen MR) is 120 cm³/mol. The van der Waals surface area contributed by atoms with Gasteiger partial charge in [-0.25, -0.2) is 22.2 Å². The van der Waals surface area contributed by atoms with Crippen LogP contribution in [0.4, 0.5) is 10.6 Å². The number of carbonyl (C=O) groups excluding carboxylic acids is 1. The van der Waals surface area contributed by atoms with Crippen LogP contribution in [0.2, 0.25) is 0 Å². The third-order valence-electron chi connectivity index (χ3n) is 6.81. The molecule has 4 rings (SSSR count). The zero-order valence-corrected chi connectivity index (χ0v) is 20.1. The molecule has 11 heteroatoms. The number of rotatable bonds is 7. The summed E-state index contributed by atoms with van der Waals surface area (Å²) in [6.07, 6.45) is 7.89. The molecular weight excluding hydrogens is 434 g/mol. The van der Waals surface area contributed by atoms with Crippen LogP contribution >= 0.6 is 0 Å². The maximum atomic E-state index is 12.4. The second-order valence-electron chi connectivity index (χ2n) is 9.42. The van der Waals surface area contributed by atoms with Crippen LogP contribution in [0, 0.1) is 0 Å². The molecule has 2 saturated heterocycles. The molecular formula is C21H35N5O5S. The molecule has 3 fully saturated rings. The van der Waals surface area contributed by atoms with E-state index >= 15 is 0 Å². The lowest BCUT2D eigenvalue weighted by Crippen LogP contribution is -2.41. The van der Waals surface area contributed by atoms with Crippen LogP contribution < -0.4 is 5.32 Å². The highest BCUT2D eigenvalue weighted by Gasteiger charge is 2.43. The zero-order valence-electron chi connectivity index (χ0n) is 19.2. The first kappa shape index (κ1) is 23.3. The van der Waals surface area contributed by atoms with Crippen LogP contribution in [-0.4, -0.2) is 84.7 Å². The predicted octanol–water partition coefficient (Wildman–Crippen LogP) is 2.19. The fraction of sp³-hybridized carbons (Fsp3) is 0.810. The molecule has 10 nitrogen and oxygen atoms in total. The standard InChI is InChI=1S/C21H35N5O5S/c1-21(8-9-21)31-20(27)24-10-4-17(5-11-24)26-19(22-2)16(14-23-26)15-30-18-6-12-25(13-7-18)32(3,28)29/h14,17-18,22H,4-13,15H2,1-3H3. The number of hydrogen-bond donors (Lipinski definition) is 1. The minimum absolute atomic E-state index is 0.0450. The van der Waals surface area contributed by atoms with Crippen molar-refractivity contribution in [3.05, 3.63) is 11.8 Å². The van der Waals surface area contributed by atoms with Gasteiger partial charge in [-0.2, -0.15) is 5.10 Å². The number of carbonyl (C=O) groups is 1. The van der Waals surface area contributed by atoms with Gasteiger partial charge in [0.2, 0.25) is 10.0 Å². The van der Waals surface area contributed by atoms with E-state index in [1.807, 2.05) is 24.9 Å². The van der Waals surface area contributed by atoms with Crippen LogP contribution in [0.5, 0.6) is 0 Å². The topological polar surface area (TPSA) is 106 Å². The minimum atomic E-state index is -3.13. The van der Waals surface area contributed by atoms with Gasteiger partial charge in [0.15, 0.2) is 0 Å². The number of nitrogens with one attached hydrogen (secondary N) is 1. The van der Waals surface area contributed by atoms with E-state index < -0.39 is 10.0 Å². The number of sulfonamides is 1. The van der Waals surface area contributed by atoms with Gasteiger partial charge in [0, 0.05) is 38.8 Å². The van der Waals surface area contributed by atoms with E-state index in [2.05, 4.69) is 10.4 Å². The summed E-state index contributed by atoms with van der Waals surface area (Å²) in [7, 11) is -1.25. The minimum Gasteiger partial charge on any atom is -0.443 e. The third-order valence-corrected chi connectivity index (χ3v) is 8.11. The van der Waals surface area contributed by atoms with Gasteiger partial charge in [-0.1, -0.05) is 0 Å². The molecule has 1 aliphatic carbocycles. The van der Waals surface area contributed by atoms with Gasteiger partial charge in [0.1, 0.15) is 11.4 Å². The van der Waals surface area contributed by atoms with Crippen LogP contribution in [0.15, 0.2) is 6.20 Å². The van der Waals surface area contributed by atoms with Gasteiger partial charge in [-0.15, -0.1) is 0 Å². The molecule has 0 spiro atoms. The molecule has 1 aromatic heterocycles. The number of aromatic nitrogens is 2. The van der Waals surface area contributed by atoms with Crippen molar-refractivity contribution in [1.82, 2.24) is 19.0 Å². The summed E-state index contributed by atoms with van der Waals surface area (Å²) >= 11 is 0. The van der Waals surface area contributed by atoms with Gasteiger partial charge in [0.25, 0.3) is 0 Å². The van der Waals surface area contributed by atoms with Crippen molar-refractivity contribution in [3.63, 3.8) is 0 Å². The fourth-order valence-corrected chi connectivity index (χ4v) is 5.31. The van der Waals surface area contributed by atoms with Crippen molar-refractivity contribution in [2.45, 2.75) is 69.8 Å². The second-order valence-corrected chi connectivity index (χ2v) is 11.4. The van der Waals surface area contributed by atoms with Crippen LogP contribution in [0.3, 0.4) is 0 Å². The van der Waals surface area contributed by atoms with Crippen LogP contribution in [0.25, 0.3) is 0 Å². The van der Waals surface area contributed by atoms with Gasteiger partial charge in [-0.05, 0) is 45.4 Å². The van der Waals surface area contributed by atoms with Crippen molar-refractivity contribution in [2.24, 2.45) is 0 Å². The molecule has 3 heterocycles. The van der Waals surface area contributed by atoms with E-state index in [1.54, 1.807) is 4.90 Å². The Bertz CT molecular complexity index is 913. The summed E-state index contributed by atoms with van der Waals surface area (Å²) in [5, 5.41) is 7.87. The van der Waals surface area contributed by atoms with Crippen molar-refractivity contribution >= 4 is 21.9 Å². The summed E-state index contributed by atoms with van der Waals surface area (Å²) in [6.45, 7) is 4.74. The highest BCUT2D eigenvalue weighted by atomic mass is 32.2. The van der Waals surface area contributed by atoms with Gasteiger partial charge in [0.05, 0.1) is 31.2 Å². The first-order valence-corrected chi connectivity index (χ1v) is 13.3. The van der Waals surface area contributed by atoms with Gasteiger partial charge in [-0.3, -0.25) is 0 Å². The lowest BCUT2D eigenvalue weighted by atomic mass is 10.1. The highest BCUT2D eigenvalue weighted by molar-refractivity contribution is 7.88. The number of hydrogen-bond acceptors (Lipinski definition) is 7. The maximum Gasteiger partial charge on any atom is 0.410 e. The maximum absolute atomic E-state index is 12.4. The molecule has 0 aromatic carbocycles. The Balaban J connectivity index is 1.28. The second kappa shape index (κ2) is 9.18. The van der Waals surface area contributed by atoms with E-state index in [-0.39, 0.29) is 23.8 Å². The van der Waals surface area contributed by atoms with E-state index in [9.17, 15) is 13.2 Å². The Hall–Kier alpha value is -1.85. The summed E-state index contributed by atoms with van der Waals surface area (Å²) < 4.78 is 38.5. The Morgan fingerprint density at radius 3 is 2.41 bits per heavy atom. The Morgan fingerprint density at radius 1 is 1.19 bits per heavy atom. The largest absolute Gasteiger partial charge is 0.443 e. The number of ether oxygens (including phenoxy) is 2. The average Bonchev–Trinajstić information content (AvgIpc) is 3.34. The summed E-state index contributed by atoms with van der Waals surface area (Å²) in [4.78, 5) is 14.2. The Kier molecular flexibility index (Phi) is 6.69. The third kappa shape index (κ3) is 5.37. The highest BCUT2D eigenvalue weighted by Crippen LogP contribution is 2.39. The molecule has 180 valence electrons. The average molecular weight is 470 g/mol. The first-order valence-electron chi connectivity index (χ1n) is 11.5. The van der Waals surface area contributed by atoms with Gasteiger partial charge >= 0.3 is 6.09 Å². The number of piperidine rings is 2. The van der Waals surface area contributed by atoms with Crippen molar-refractivity contribution in [1.29, 1.82) is 0 Å². The fourth-order valence-electron chi connectivity index (χ4n) is 4.44. The normalized spacial score (nSPS) is 22.7. The smallest absolute Gasteiger partial charge is 0.410 e. The van der Waals surface area contributed by atoms with E-state index in [1.165, 1.54) is 10.6 Å². The van der Waals surface area contributed by atoms with E-state index in [0.717, 1.165) is 37.1 Å². The molecule has 0 atom stereocenters. The number of amides is 1. The van der Waals surface area contributed by atoms with Crippen LogP contribution in [0.1, 0.15) is 57.1 Å². The molecule has 0 bridgehead atoms. The number of likely N-dealkylation sites (tertiary alicyclic amines) is 1. The summed E-state index contributed by atoms with van der Waals surface area (Å²) in [6, 6.07) is 0.213. The van der Waals surface area contributed by atoms with E-state index in [4.69, 9.17) is 9.47 Å². The molecule has 2 aliphatic heterocycles. The quantitative estimate of drug-likeness (QED) is 0.652. The molecule has 1 saturated carbocycles. The lowest BCUT2D eigenvalue weighted by Gasteiger charge is -2.33.